The quantitative estimate of drug-likeness (QED) is 0.807. The van der Waals surface area contributed by atoms with E-state index in [0.717, 1.165) is 23.0 Å². The number of hydrogen-bond donors (Lipinski definition) is 1. The fraction of sp³-hybridized carbons (Fsp3) is 0.300. The molecule has 0 saturated heterocycles. The molecule has 0 aliphatic carbocycles. The molecule has 0 fully saturated rings. The Morgan fingerprint density at radius 2 is 2.14 bits per heavy atom. The van der Waals surface area contributed by atoms with E-state index in [9.17, 15) is 4.39 Å². The van der Waals surface area contributed by atoms with Crippen LogP contribution in [0.25, 0.3) is 0 Å². The van der Waals surface area contributed by atoms with Gasteiger partial charge in [-0.1, -0.05) is 23.9 Å². The van der Waals surface area contributed by atoms with Gasteiger partial charge in [0.05, 0.1) is 6.54 Å². The summed E-state index contributed by atoms with van der Waals surface area (Å²) in [5.74, 6) is 0.868. The zero-order valence-corrected chi connectivity index (χ0v) is 8.48. The molecule has 1 aliphatic rings. The maximum absolute atomic E-state index is 12.6. The monoisotopic (exact) mass is 210 g/mol. The fourth-order valence-electron chi connectivity index (χ4n) is 1.22. The SMILES string of the molecule is Fc1ccc(CNC2=NCCS2)cc1. The van der Waals surface area contributed by atoms with Gasteiger partial charge in [-0.3, -0.25) is 4.99 Å². The van der Waals surface area contributed by atoms with E-state index < -0.39 is 0 Å². The number of thioether (sulfide) groups is 1. The first-order valence-electron chi connectivity index (χ1n) is 4.50. The van der Waals surface area contributed by atoms with Crippen molar-refractivity contribution in [3.05, 3.63) is 35.6 Å². The van der Waals surface area contributed by atoms with Crippen LogP contribution in [0.3, 0.4) is 0 Å². The lowest BCUT2D eigenvalue weighted by Gasteiger charge is -2.04. The zero-order valence-electron chi connectivity index (χ0n) is 7.66. The first kappa shape index (κ1) is 9.52. The van der Waals surface area contributed by atoms with Gasteiger partial charge in [0.15, 0.2) is 5.17 Å². The van der Waals surface area contributed by atoms with Gasteiger partial charge in [-0.15, -0.1) is 0 Å². The van der Waals surface area contributed by atoms with Crippen LogP contribution >= 0.6 is 11.8 Å². The topological polar surface area (TPSA) is 24.4 Å². The van der Waals surface area contributed by atoms with Crippen LogP contribution in [0.2, 0.25) is 0 Å². The summed E-state index contributed by atoms with van der Waals surface area (Å²) in [5.41, 5.74) is 1.07. The minimum Gasteiger partial charge on any atom is -0.361 e. The second kappa shape index (κ2) is 4.46. The van der Waals surface area contributed by atoms with Crippen molar-refractivity contribution < 1.29 is 4.39 Å². The number of hydrogen-bond acceptors (Lipinski definition) is 3. The van der Waals surface area contributed by atoms with Crippen molar-refractivity contribution in [2.75, 3.05) is 12.3 Å². The van der Waals surface area contributed by atoms with E-state index in [1.54, 1.807) is 23.9 Å². The van der Waals surface area contributed by atoms with Crippen molar-refractivity contribution in [2.24, 2.45) is 4.99 Å². The number of benzene rings is 1. The first-order chi connectivity index (χ1) is 6.84. The first-order valence-corrected chi connectivity index (χ1v) is 5.49. The van der Waals surface area contributed by atoms with E-state index in [1.807, 2.05) is 0 Å². The van der Waals surface area contributed by atoms with Crippen LogP contribution in [0.4, 0.5) is 4.39 Å². The molecule has 2 nitrogen and oxygen atoms in total. The normalized spacial score (nSPS) is 15.4. The number of halogens is 1. The van der Waals surface area contributed by atoms with E-state index in [4.69, 9.17) is 0 Å². The minimum atomic E-state index is -0.193. The Balaban J connectivity index is 1.88. The summed E-state index contributed by atoms with van der Waals surface area (Å²) in [6.07, 6.45) is 0. The van der Waals surface area contributed by atoms with E-state index in [0.29, 0.717) is 6.54 Å². The Morgan fingerprint density at radius 3 is 2.79 bits per heavy atom. The van der Waals surface area contributed by atoms with Crippen LogP contribution in [0, 0.1) is 5.82 Å². The third-order valence-corrected chi connectivity index (χ3v) is 2.88. The summed E-state index contributed by atoms with van der Waals surface area (Å²) in [4.78, 5) is 4.26. The van der Waals surface area contributed by atoms with Gasteiger partial charge in [0.2, 0.25) is 0 Å². The summed E-state index contributed by atoms with van der Waals surface area (Å²) in [5, 5.41) is 4.20. The molecule has 1 aromatic rings. The zero-order chi connectivity index (χ0) is 9.80. The summed E-state index contributed by atoms with van der Waals surface area (Å²) in [6, 6.07) is 6.51. The second-order valence-corrected chi connectivity index (χ2v) is 4.10. The van der Waals surface area contributed by atoms with Crippen LogP contribution in [-0.4, -0.2) is 17.5 Å². The van der Waals surface area contributed by atoms with Crippen LogP contribution < -0.4 is 5.32 Å². The predicted octanol–water partition coefficient (Wildman–Crippen LogP) is 2.02. The standard InChI is InChI=1S/C10H11FN2S/c11-9-3-1-8(2-4-9)7-13-10-12-5-6-14-10/h1-4H,5-7H2,(H,12,13). The molecule has 1 aliphatic heterocycles. The van der Waals surface area contributed by atoms with Crippen LogP contribution in [-0.2, 0) is 6.54 Å². The van der Waals surface area contributed by atoms with Crippen molar-refractivity contribution in [1.29, 1.82) is 0 Å². The maximum Gasteiger partial charge on any atom is 0.156 e. The van der Waals surface area contributed by atoms with E-state index in [-0.39, 0.29) is 5.82 Å². The molecule has 0 unspecified atom stereocenters. The molecule has 1 heterocycles. The Morgan fingerprint density at radius 1 is 1.36 bits per heavy atom. The lowest BCUT2D eigenvalue weighted by molar-refractivity contribution is 0.627. The highest BCUT2D eigenvalue weighted by Crippen LogP contribution is 2.10. The molecule has 1 aromatic carbocycles. The molecule has 74 valence electrons. The van der Waals surface area contributed by atoms with Crippen LogP contribution in [0.5, 0.6) is 0 Å². The highest BCUT2D eigenvalue weighted by atomic mass is 32.2. The van der Waals surface area contributed by atoms with Crippen LogP contribution in [0.1, 0.15) is 5.56 Å². The van der Waals surface area contributed by atoms with Crippen molar-refractivity contribution in [1.82, 2.24) is 5.32 Å². The summed E-state index contributed by atoms with van der Waals surface area (Å²) < 4.78 is 12.6. The number of nitrogens with one attached hydrogen (secondary N) is 1. The lowest BCUT2D eigenvalue weighted by Crippen LogP contribution is -2.17. The Hall–Kier alpha value is -1.03. The molecule has 0 bridgehead atoms. The molecular weight excluding hydrogens is 199 g/mol. The summed E-state index contributed by atoms with van der Waals surface area (Å²) in [6.45, 7) is 1.61. The third-order valence-electron chi connectivity index (χ3n) is 1.94. The van der Waals surface area contributed by atoms with Gasteiger partial charge >= 0.3 is 0 Å². The molecule has 0 amide bonds. The van der Waals surface area contributed by atoms with Crippen LogP contribution in [0.15, 0.2) is 29.3 Å². The molecule has 0 aromatic heterocycles. The third kappa shape index (κ3) is 2.48. The summed E-state index contributed by atoms with van der Waals surface area (Å²) >= 11 is 1.73. The molecule has 4 heteroatoms. The van der Waals surface area contributed by atoms with Gasteiger partial charge in [0.25, 0.3) is 0 Å². The summed E-state index contributed by atoms with van der Waals surface area (Å²) in [7, 11) is 0. The largest absolute Gasteiger partial charge is 0.361 e. The average Bonchev–Trinajstić information content (AvgIpc) is 2.70. The molecule has 14 heavy (non-hydrogen) atoms. The smallest absolute Gasteiger partial charge is 0.156 e. The number of nitrogens with zero attached hydrogens (tertiary/aromatic N) is 1. The van der Waals surface area contributed by atoms with Crippen molar-refractivity contribution in [2.45, 2.75) is 6.54 Å². The van der Waals surface area contributed by atoms with Crippen molar-refractivity contribution >= 4 is 16.9 Å². The van der Waals surface area contributed by atoms with Crippen molar-refractivity contribution in [3.8, 4) is 0 Å². The predicted molar refractivity (Wildman–Crippen MR) is 58.0 cm³/mol. The lowest BCUT2D eigenvalue weighted by atomic mass is 10.2. The van der Waals surface area contributed by atoms with Crippen molar-refractivity contribution in [3.63, 3.8) is 0 Å². The number of aliphatic imine (C=N–C) groups is 1. The number of rotatable bonds is 2. The molecule has 1 N–H and O–H groups in total. The molecule has 0 radical (unpaired) electrons. The van der Waals surface area contributed by atoms with Gasteiger partial charge in [0, 0.05) is 12.3 Å². The Kier molecular flexibility index (Phi) is 3.03. The van der Waals surface area contributed by atoms with E-state index in [2.05, 4.69) is 10.3 Å². The molecule has 0 atom stereocenters. The number of amidine groups is 1. The Labute approximate surface area is 86.6 Å². The maximum atomic E-state index is 12.6. The van der Waals surface area contributed by atoms with Gasteiger partial charge < -0.3 is 5.32 Å². The average molecular weight is 210 g/mol. The van der Waals surface area contributed by atoms with Gasteiger partial charge in [-0.05, 0) is 17.7 Å². The minimum absolute atomic E-state index is 0.193. The van der Waals surface area contributed by atoms with Gasteiger partial charge in [-0.2, -0.15) is 0 Å². The highest BCUT2D eigenvalue weighted by molar-refractivity contribution is 8.14. The van der Waals surface area contributed by atoms with E-state index >= 15 is 0 Å². The highest BCUT2D eigenvalue weighted by Gasteiger charge is 2.05. The molecular formula is C10H11FN2S. The Bertz CT molecular complexity index is 334. The second-order valence-electron chi connectivity index (χ2n) is 3.02. The van der Waals surface area contributed by atoms with Gasteiger partial charge in [-0.25, -0.2) is 4.39 Å². The molecule has 2 rings (SSSR count). The molecule has 0 saturated carbocycles. The molecule has 0 spiro atoms. The van der Waals surface area contributed by atoms with Gasteiger partial charge in [0.1, 0.15) is 5.82 Å². The fourth-order valence-corrected chi connectivity index (χ4v) is 1.95. The van der Waals surface area contributed by atoms with E-state index in [1.165, 1.54) is 12.1 Å².